The molecule has 104 valence electrons. The van der Waals surface area contributed by atoms with E-state index in [0.717, 1.165) is 45.1 Å². The maximum Gasteiger partial charge on any atom is 0.255 e. The van der Waals surface area contributed by atoms with Crippen LogP contribution in [0.5, 0.6) is 0 Å². The maximum atomic E-state index is 13.1. The number of hydrogen-bond donors (Lipinski definition) is 1. The first-order valence-corrected chi connectivity index (χ1v) is 6.75. The monoisotopic (exact) mass is 265 g/mol. The van der Waals surface area contributed by atoms with Gasteiger partial charge < -0.3 is 10.2 Å². The summed E-state index contributed by atoms with van der Waals surface area (Å²) >= 11 is 0. The van der Waals surface area contributed by atoms with Crippen LogP contribution in [-0.2, 0) is 0 Å². The average Bonchev–Trinajstić information content (AvgIpc) is 2.45. The molecule has 0 bridgehead atoms. The van der Waals surface area contributed by atoms with Crippen LogP contribution < -0.4 is 5.32 Å². The third kappa shape index (κ3) is 3.73. The lowest BCUT2D eigenvalue weighted by atomic mass is 9.93. The highest BCUT2D eigenvalue weighted by atomic mass is 19.1. The van der Waals surface area contributed by atoms with Crippen molar-refractivity contribution in [2.75, 3.05) is 26.7 Å². The molecule has 0 atom stereocenters. The molecular formula is C14H20FN3O. The topological polar surface area (TPSA) is 45.2 Å². The molecule has 19 heavy (non-hydrogen) atoms. The highest BCUT2D eigenvalue weighted by molar-refractivity contribution is 5.93. The Bertz CT molecular complexity index is 430. The van der Waals surface area contributed by atoms with Gasteiger partial charge in [-0.3, -0.25) is 9.78 Å². The van der Waals surface area contributed by atoms with Crippen molar-refractivity contribution in [1.29, 1.82) is 0 Å². The van der Waals surface area contributed by atoms with Crippen LogP contribution in [0.1, 0.15) is 29.6 Å². The second kappa shape index (κ2) is 6.61. The zero-order valence-electron chi connectivity index (χ0n) is 11.2. The van der Waals surface area contributed by atoms with Crippen molar-refractivity contribution in [2.45, 2.75) is 19.3 Å². The van der Waals surface area contributed by atoms with E-state index in [-0.39, 0.29) is 5.91 Å². The van der Waals surface area contributed by atoms with Gasteiger partial charge in [-0.2, -0.15) is 0 Å². The van der Waals surface area contributed by atoms with Crippen LogP contribution in [0.2, 0.25) is 0 Å². The predicted octanol–water partition coefficient (Wildman–Crippen LogP) is 1.68. The molecule has 0 aromatic carbocycles. The lowest BCUT2D eigenvalue weighted by Crippen LogP contribution is -2.39. The molecular weight excluding hydrogens is 245 g/mol. The highest BCUT2D eigenvalue weighted by Crippen LogP contribution is 2.21. The van der Waals surface area contributed by atoms with E-state index in [1.807, 2.05) is 7.05 Å². The van der Waals surface area contributed by atoms with E-state index >= 15 is 0 Å². The molecule has 1 aliphatic heterocycles. The van der Waals surface area contributed by atoms with Gasteiger partial charge in [-0.05, 0) is 44.8 Å². The second-order valence-corrected chi connectivity index (χ2v) is 5.02. The first-order valence-electron chi connectivity index (χ1n) is 6.75. The molecule has 1 fully saturated rings. The van der Waals surface area contributed by atoms with Gasteiger partial charge in [0.1, 0.15) is 5.82 Å². The van der Waals surface area contributed by atoms with Gasteiger partial charge in [0.05, 0.1) is 11.8 Å². The molecule has 2 rings (SSSR count). The molecule has 0 aliphatic carbocycles. The minimum Gasteiger partial charge on any atom is -0.339 e. The zero-order valence-corrected chi connectivity index (χ0v) is 11.2. The van der Waals surface area contributed by atoms with E-state index in [0.29, 0.717) is 11.5 Å². The number of nitrogens with one attached hydrogen (secondary N) is 1. The molecule has 1 N–H and O–H groups in total. The first-order chi connectivity index (χ1) is 9.20. The van der Waals surface area contributed by atoms with Gasteiger partial charge in [-0.15, -0.1) is 0 Å². The lowest BCUT2D eigenvalue weighted by molar-refractivity contribution is 0.0686. The van der Waals surface area contributed by atoms with Crippen LogP contribution in [0.15, 0.2) is 18.5 Å². The maximum absolute atomic E-state index is 13.1. The number of rotatable bonds is 4. The summed E-state index contributed by atoms with van der Waals surface area (Å²) in [4.78, 5) is 17.7. The number of pyridine rings is 1. The summed E-state index contributed by atoms with van der Waals surface area (Å²) in [7, 11) is 1.95. The first kappa shape index (κ1) is 13.9. The average molecular weight is 265 g/mol. The second-order valence-electron chi connectivity index (χ2n) is 5.02. The van der Waals surface area contributed by atoms with Gasteiger partial charge in [0.15, 0.2) is 0 Å². The van der Waals surface area contributed by atoms with Gasteiger partial charge in [0, 0.05) is 19.3 Å². The normalized spacial score (nSPS) is 16.6. The number of amides is 1. The molecule has 1 aromatic rings. The van der Waals surface area contributed by atoms with Gasteiger partial charge in [0.2, 0.25) is 0 Å². The van der Waals surface area contributed by atoms with Gasteiger partial charge >= 0.3 is 0 Å². The third-order valence-electron chi connectivity index (χ3n) is 3.66. The van der Waals surface area contributed by atoms with Crippen LogP contribution in [-0.4, -0.2) is 42.5 Å². The van der Waals surface area contributed by atoms with Crippen molar-refractivity contribution in [3.05, 3.63) is 29.8 Å². The SMILES string of the molecule is CNCCC1CCN(C(=O)c2cncc(F)c2)CC1. The Labute approximate surface area is 113 Å². The van der Waals surface area contributed by atoms with Crippen LogP contribution >= 0.6 is 0 Å². The van der Waals surface area contributed by atoms with Crippen LogP contribution in [0, 0.1) is 11.7 Å². The molecule has 1 amide bonds. The Kier molecular flexibility index (Phi) is 4.85. The number of nitrogens with zero attached hydrogens (tertiary/aromatic N) is 2. The number of aromatic nitrogens is 1. The molecule has 5 heteroatoms. The van der Waals surface area contributed by atoms with Crippen LogP contribution in [0.4, 0.5) is 4.39 Å². The van der Waals surface area contributed by atoms with E-state index in [1.54, 1.807) is 4.90 Å². The molecule has 0 spiro atoms. The molecule has 2 heterocycles. The zero-order chi connectivity index (χ0) is 13.7. The van der Waals surface area contributed by atoms with E-state index in [1.165, 1.54) is 12.3 Å². The van der Waals surface area contributed by atoms with Crippen molar-refractivity contribution in [2.24, 2.45) is 5.92 Å². The fourth-order valence-electron chi connectivity index (χ4n) is 2.48. The largest absolute Gasteiger partial charge is 0.339 e. The van der Waals surface area contributed by atoms with Crippen LogP contribution in [0.25, 0.3) is 0 Å². The summed E-state index contributed by atoms with van der Waals surface area (Å²) < 4.78 is 13.1. The Hall–Kier alpha value is -1.49. The van der Waals surface area contributed by atoms with Crippen molar-refractivity contribution in [1.82, 2.24) is 15.2 Å². The number of piperidine rings is 1. The minimum absolute atomic E-state index is 0.112. The standard InChI is InChI=1S/C14H20FN3O/c1-16-5-2-11-3-6-18(7-4-11)14(19)12-8-13(15)10-17-9-12/h8-11,16H,2-7H2,1H3. The lowest BCUT2D eigenvalue weighted by Gasteiger charge is -2.32. The van der Waals surface area contributed by atoms with Gasteiger partial charge in [-0.25, -0.2) is 4.39 Å². The summed E-state index contributed by atoms with van der Waals surface area (Å²) in [6.07, 6.45) is 5.74. The molecule has 0 saturated carbocycles. The highest BCUT2D eigenvalue weighted by Gasteiger charge is 2.23. The summed E-state index contributed by atoms with van der Waals surface area (Å²) in [5, 5.41) is 3.15. The number of carbonyl (C=O) groups is 1. The molecule has 1 aliphatic rings. The molecule has 1 saturated heterocycles. The third-order valence-corrected chi connectivity index (χ3v) is 3.66. The Balaban J connectivity index is 1.89. The Morgan fingerprint density at radius 1 is 1.47 bits per heavy atom. The minimum atomic E-state index is -0.463. The fourth-order valence-corrected chi connectivity index (χ4v) is 2.48. The molecule has 0 radical (unpaired) electrons. The van der Waals surface area contributed by atoms with E-state index in [9.17, 15) is 9.18 Å². The number of hydrogen-bond acceptors (Lipinski definition) is 3. The number of halogens is 1. The van der Waals surface area contributed by atoms with Gasteiger partial charge in [0.25, 0.3) is 5.91 Å². The fraction of sp³-hybridized carbons (Fsp3) is 0.571. The summed E-state index contributed by atoms with van der Waals surface area (Å²) in [5.74, 6) is 0.107. The summed E-state index contributed by atoms with van der Waals surface area (Å²) in [5.41, 5.74) is 0.341. The summed E-state index contributed by atoms with van der Waals surface area (Å²) in [6, 6.07) is 1.25. The van der Waals surface area contributed by atoms with Crippen molar-refractivity contribution < 1.29 is 9.18 Å². The van der Waals surface area contributed by atoms with Crippen molar-refractivity contribution in [3.8, 4) is 0 Å². The summed E-state index contributed by atoms with van der Waals surface area (Å²) in [6.45, 7) is 2.53. The quantitative estimate of drug-likeness (QED) is 0.901. The van der Waals surface area contributed by atoms with Crippen LogP contribution in [0.3, 0.4) is 0 Å². The smallest absolute Gasteiger partial charge is 0.255 e. The van der Waals surface area contributed by atoms with E-state index in [2.05, 4.69) is 10.3 Å². The number of likely N-dealkylation sites (tertiary alicyclic amines) is 1. The predicted molar refractivity (Wildman–Crippen MR) is 71.4 cm³/mol. The van der Waals surface area contributed by atoms with E-state index in [4.69, 9.17) is 0 Å². The van der Waals surface area contributed by atoms with E-state index < -0.39 is 5.82 Å². The van der Waals surface area contributed by atoms with Gasteiger partial charge in [-0.1, -0.05) is 0 Å². The molecule has 1 aromatic heterocycles. The molecule has 4 nitrogen and oxygen atoms in total. The Morgan fingerprint density at radius 2 is 2.21 bits per heavy atom. The van der Waals surface area contributed by atoms with Crippen molar-refractivity contribution >= 4 is 5.91 Å². The number of carbonyl (C=O) groups excluding carboxylic acids is 1. The molecule has 0 unspecified atom stereocenters. The van der Waals surface area contributed by atoms with Crippen molar-refractivity contribution in [3.63, 3.8) is 0 Å². The Morgan fingerprint density at radius 3 is 2.84 bits per heavy atom.